The van der Waals surface area contributed by atoms with E-state index in [4.69, 9.17) is 0 Å². The summed E-state index contributed by atoms with van der Waals surface area (Å²) in [6, 6.07) is 9.97. The summed E-state index contributed by atoms with van der Waals surface area (Å²) in [4.78, 5) is 0. The largest absolute Gasteiger partial charge is 0.623 e. The van der Waals surface area contributed by atoms with Crippen LogP contribution in [0.2, 0.25) is 0 Å². The highest BCUT2D eigenvalue weighted by atomic mass is 16.5. The summed E-state index contributed by atoms with van der Waals surface area (Å²) in [7, 11) is 0. The molecule has 68 valence electrons. The first kappa shape index (κ1) is 8.30. The lowest BCUT2D eigenvalue weighted by Gasteiger charge is -2.23. The maximum atomic E-state index is 11.6. The van der Waals surface area contributed by atoms with Gasteiger partial charge in [-0.3, -0.25) is 0 Å². The van der Waals surface area contributed by atoms with Crippen LogP contribution in [0, 0.1) is 5.21 Å². The van der Waals surface area contributed by atoms with Crippen molar-refractivity contribution in [3.8, 4) is 0 Å². The lowest BCUT2D eigenvalue weighted by molar-refractivity contribution is -0.541. The Morgan fingerprint density at radius 1 is 1.31 bits per heavy atom. The fourth-order valence-electron chi connectivity index (χ4n) is 1.84. The molecule has 1 heterocycles. The molecule has 0 bridgehead atoms. The van der Waals surface area contributed by atoms with E-state index in [1.807, 2.05) is 37.3 Å². The minimum Gasteiger partial charge on any atom is -0.623 e. The molecule has 1 aromatic rings. The van der Waals surface area contributed by atoms with E-state index in [1.54, 1.807) is 6.21 Å². The molecule has 0 radical (unpaired) electrons. The Morgan fingerprint density at radius 3 is 2.54 bits per heavy atom. The molecule has 0 saturated carbocycles. The molecule has 13 heavy (non-hydrogen) atoms. The Morgan fingerprint density at radius 2 is 2.00 bits per heavy atom. The maximum absolute atomic E-state index is 11.6. The molecule has 0 amide bonds. The van der Waals surface area contributed by atoms with E-state index in [1.165, 1.54) is 0 Å². The molecule has 1 atom stereocenters. The molecule has 0 aliphatic carbocycles. The second-order valence-electron chi connectivity index (χ2n) is 3.69. The van der Waals surface area contributed by atoms with Crippen molar-refractivity contribution in [2.24, 2.45) is 0 Å². The van der Waals surface area contributed by atoms with E-state index in [2.05, 4.69) is 0 Å². The van der Waals surface area contributed by atoms with Gasteiger partial charge in [0.15, 0.2) is 11.8 Å². The van der Waals surface area contributed by atoms with E-state index in [-0.39, 0.29) is 5.54 Å². The van der Waals surface area contributed by atoms with E-state index in [0.29, 0.717) is 0 Å². The van der Waals surface area contributed by atoms with Crippen LogP contribution >= 0.6 is 0 Å². The van der Waals surface area contributed by atoms with Crippen LogP contribution in [0.5, 0.6) is 0 Å². The first-order chi connectivity index (χ1) is 6.23. The zero-order chi connectivity index (χ0) is 9.31. The summed E-state index contributed by atoms with van der Waals surface area (Å²) in [5, 5.41) is 11.6. The van der Waals surface area contributed by atoms with Gasteiger partial charge >= 0.3 is 0 Å². The van der Waals surface area contributed by atoms with Gasteiger partial charge < -0.3 is 5.21 Å². The van der Waals surface area contributed by atoms with Gasteiger partial charge in [-0.1, -0.05) is 30.3 Å². The Labute approximate surface area is 78.1 Å². The zero-order valence-corrected chi connectivity index (χ0v) is 7.73. The number of hydrogen-bond donors (Lipinski definition) is 0. The molecule has 1 aliphatic heterocycles. The number of nitrogens with zero attached hydrogens (tertiary/aromatic N) is 1. The number of hydrogen-bond acceptors (Lipinski definition) is 1. The fraction of sp³-hybridized carbons (Fsp3) is 0.364. The van der Waals surface area contributed by atoms with Gasteiger partial charge in [-0.05, 0) is 0 Å². The highest BCUT2D eigenvalue weighted by molar-refractivity contribution is 5.54. The van der Waals surface area contributed by atoms with E-state index >= 15 is 0 Å². The van der Waals surface area contributed by atoms with Crippen molar-refractivity contribution in [2.45, 2.75) is 25.3 Å². The number of benzene rings is 1. The topological polar surface area (TPSA) is 26.1 Å². The van der Waals surface area contributed by atoms with Gasteiger partial charge in [-0.15, -0.1) is 0 Å². The van der Waals surface area contributed by atoms with Crippen LogP contribution in [-0.2, 0) is 5.54 Å². The van der Waals surface area contributed by atoms with Gasteiger partial charge in [-0.25, -0.2) is 4.74 Å². The third-order valence-electron chi connectivity index (χ3n) is 2.81. The van der Waals surface area contributed by atoms with Crippen LogP contribution in [0.15, 0.2) is 30.3 Å². The van der Waals surface area contributed by atoms with E-state index < -0.39 is 0 Å². The summed E-state index contributed by atoms with van der Waals surface area (Å²) in [6.45, 7) is 2.00. The minimum atomic E-state index is -0.332. The lowest BCUT2D eigenvalue weighted by atomic mass is 9.90. The highest BCUT2D eigenvalue weighted by Gasteiger charge is 2.38. The first-order valence-electron chi connectivity index (χ1n) is 4.59. The van der Waals surface area contributed by atoms with Gasteiger partial charge in [0.1, 0.15) is 0 Å². The van der Waals surface area contributed by atoms with Crippen molar-refractivity contribution < 1.29 is 4.74 Å². The van der Waals surface area contributed by atoms with Crippen molar-refractivity contribution in [2.75, 3.05) is 0 Å². The molecular formula is C11H13NO. The summed E-state index contributed by atoms with van der Waals surface area (Å²) in [5.74, 6) is 0. The number of hydroxylamine groups is 1. The quantitative estimate of drug-likeness (QED) is 0.475. The third kappa shape index (κ3) is 1.22. The highest BCUT2D eigenvalue weighted by Crippen LogP contribution is 2.32. The Bertz CT molecular complexity index is 331. The average Bonchev–Trinajstić information content (AvgIpc) is 2.50. The molecule has 1 aliphatic rings. The second-order valence-corrected chi connectivity index (χ2v) is 3.69. The maximum Gasteiger partial charge on any atom is 0.195 e. The standard InChI is InChI=1S/C11H13NO/c1-11(8-5-9-12(11)13)10-6-3-2-4-7-10/h2-4,6-7,9H,5,8H2,1H3/t11-/m0/s1. The Hall–Kier alpha value is -1.31. The van der Waals surface area contributed by atoms with Crippen LogP contribution in [-0.4, -0.2) is 11.0 Å². The summed E-state index contributed by atoms with van der Waals surface area (Å²) < 4.78 is 1.09. The van der Waals surface area contributed by atoms with Crippen LogP contribution in [0.3, 0.4) is 0 Å². The molecule has 0 unspecified atom stereocenters. The van der Waals surface area contributed by atoms with E-state index in [9.17, 15) is 5.21 Å². The van der Waals surface area contributed by atoms with Gasteiger partial charge in [0.2, 0.25) is 0 Å². The SMILES string of the molecule is C[C@@]1(c2ccccc2)CCC=[N+]1[O-]. The normalized spacial score (nSPS) is 27.3. The average molecular weight is 175 g/mol. The molecule has 1 aromatic carbocycles. The minimum absolute atomic E-state index is 0.332. The third-order valence-corrected chi connectivity index (χ3v) is 2.81. The van der Waals surface area contributed by atoms with Crippen molar-refractivity contribution in [3.63, 3.8) is 0 Å². The van der Waals surface area contributed by atoms with Gasteiger partial charge in [0.05, 0.1) is 0 Å². The van der Waals surface area contributed by atoms with Crippen LogP contribution in [0.4, 0.5) is 0 Å². The summed E-state index contributed by atoms with van der Waals surface area (Å²) >= 11 is 0. The Kier molecular flexibility index (Phi) is 1.83. The molecule has 0 N–H and O–H groups in total. The smallest absolute Gasteiger partial charge is 0.195 e. The summed E-state index contributed by atoms with van der Waals surface area (Å²) in [5.41, 5.74) is 0.778. The monoisotopic (exact) mass is 175 g/mol. The molecule has 0 spiro atoms. The predicted octanol–water partition coefficient (Wildman–Crippen LogP) is 2.28. The predicted molar refractivity (Wildman–Crippen MR) is 52.7 cm³/mol. The van der Waals surface area contributed by atoms with Crippen molar-refractivity contribution >= 4 is 6.21 Å². The molecule has 2 nitrogen and oxygen atoms in total. The molecule has 0 saturated heterocycles. The van der Waals surface area contributed by atoms with Gasteiger partial charge in [-0.2, -0.15) is 0 Å². The molecule has 2 heteroatoms. The first-order valence-corrected chi connectivity index (χ1v) is 4.59. The van der Waals surface area contributed by atoms with Crippen LogP contribution in [0.1, 0.15) is 25.3 Å². The Balaban J connectivity index is 2.41. The van der Waals surface area contributed by atoms with Gasteiger partial charge in [0, 0.05) is 25.3 Å². The van der Waals surface area contributed by atoms with Crippen molar-refractivity contribution in [1.82, 2.24) is 0 Å². The fourth-order valence-corrected chi connectivity index (χ4v) is 1.84. The van der Waals surface area contributed by atoms with Crippen molar-refractivity contribution in [1.29, 1.82) is 0 Å². The van der Waals surface area contributed by atoms with Crippen LogP contribution < -0.4 is 0 Å². The molecule has 0 aromatic heterocycles. The van der Waals surface area contributed by atoms with Crippen molar-refractivity contribution in [3.05, 3.63) is 41.1 Å². The van der Waals surface area contributed by atoms with E-state index in [0.717, 1.165) is 23.1 Å². The number of rotatable bonds is 1. The molecule has 0 fully saturated rings. The molecule has 2 rings (SSSR count). The van der Waals surface area contributed by atoms with Crippen LogP contribution in [0.25, 0.3) is 0 Å². The van der Waals surface area contributed by atoms with Gasteiger partial charge in [0.25, 0.3) is 0 Å². The summed E-state index contributed by atoms with van der Waals surface area (Å²) in [6.07, 6.45) is 3.53. The molecular weight excluding hydrogens is 162 g/mol. The zero-order valence-electron chi connectivity index (χ0n) is 7.73. The lowest BCUT2D eigenvalue weighted by Crippen LogP contribution is -2.28. The second kappa shape index (κ2) is 2.87.